The fraction of sp³-hybridized carbons (Fsp3) is 0.889. The molecule has 0 aromatic carbocycles. The Hall–Kier alpha value is -0.610. The summed E-state index contributed by atoms with van der Waals surface area (Å²) in [6.07, 6.45) is 0. The van der Waals surface area contributed by atoms with E-state index in [0.717, 1.165) is 6.61 Å². The summed E-state index contributed by atoms with van der Waals surface area (Å²) in [7, 11) is 0. The van der Waals surface area contributed by atoms with Crippen LogP contribution in [-0.4, -0.2) is 36.9 Å². The van der Waals surface area contributed by atoms with Crippen LogP contribution in [0, 0.1) is 5.92 Å². The van der Waals surface area contributed by atoms with Gasteiger partial charge in [-0.05, 0) is 12.8 Å². The molecule has 0 fully saturated rings. The Kier molecular flexibility index (Phi) is 6.54. The van der Waals surface area contributed by atoms with E-state index < -0.39 is 12.0 Å². The maximum Gasteiger partial charge on any atom is 0.320 e. The first-order valence-electron chi connectivity index (χ1n) is 4.58. The highest BCUT2D eigenvalue weighted by Crippen LogP contribution is 1.91. The molecule has 0 aliphatic heterocycles. The van der Waals surface area contributed by atoms with Crippen molar-refractivity contribution in [1.82, 2.24) is 5.32 Å². The van der Waals surface area contributed by atoms with Gasteiger partial charge in [0.25, 0.3) is 0 Å². The van der Waals surface area contributed by atoms with Crippen LogP contribution in [0.4, 0.5) is 0 Å². The largest absolute Gasteiger partial charge is 0.480 e. The van der Waals surface area contributed by atoms with Crippen LogP contribution >= 0.6 is 0 Å². The SMILES string of the molecule is CC(C)COCCN[C@@H](C)C(=O)O. The third kappa shape index (κ3) is 7.74. The molecule has 0 unspecified atom stereocenters. The summed E-state index contributed by atoms with van der Waals surface area (Å²) < 4.78 is 5.27. The Balaban J connectivity index is 3.21. The van der Waals surface area contributed by atoms with Gasteiger partial charge in [-0.1, -0.05) is 13.8 Å². The molecule has 0 aromatic rings. The van der Waals surface area contributed by atoms with E-state index >= 15 is 0 Å². The lowest BCUT2D eigenvalue weighted by molar-refractivity contribution is -0.139. The van der Waals surface area contributed by atoms with Gasteiger partial charge >= 0.3 is 5.97 Å². The molecule has 0 aliphatic rings. The van der Waals surface area contributed by atoms with Gasteiger partial charge in [0.15, 0.2) is 0 Å². The summed E-state index contributed by atoms with van der Waals surface area (Å²) >= 11 is 0. The molecular weight excluding hydrogens is 170 g/mol. The number of hydrogen-bond donors (Lipinski definition) is 2. The lowest BCUT2D eigenvalue weighted by Gasteiger charge is -2.10. The molecule has 0 bridgehead atoms. The molecule has 0 heterocycles. The van der Waals surface area contributed by atoms with Crippen LogP contribution in [0.15, 0.2) is 0 Å². The smallest absolute Gasteiger partial charge is 0.320 e. The number of rotatable bonds is 7. The van der Waals surface area contributed by atoms with Crippen molar-refractivity contribution in [3.05, 3.63) is 0 Å². The molecule has 13 heavy (non-hydrogen) atoms. The molecule has 0 amide bonds. The highest BCUT2D eigenvalue weighted by molar-refractivity contribution is 5.72. The summed E-state index contributed by atoms with van der Waals surface area (Å²) in [4.78, 5) is 10.4. The van der Waals surface area contributed by atoms with Crippen LogP contribution in [-0.2, 0) is 9.53 Å². The monoisotopic (exact) mass is 189 g/mol. The predicted molar refractivity (Wildman–Crippen MR) is 50.8 cm³/mol. The summed E-state index contributed by atoms with van der Waals surface area (Å²) in [6, 6.07) is -0.498. The maximum absolute atomic E-state index is 10.4. The quantitative estimate of drug-likeness (QED) is 0.579. The topological polar surface area (TPSA) is 58.6 Å². The van der Waals surface area contributed by atoms with Gasteiger partial charge in [-0.15, -0.1) is 0 Å². The first-order chi connectivity index (χ1) is 6.04. The number of aliphatic carboxylic acids is 1. The van der Waals surface area contributed by atoms with Gasteiger partial charge in [-0.25, -0.2) is 0 Å². The van der Waals surface area contributed by atoms with Crippen LogP contribution < -0.4 is 5.32 Å². The molecule has 0 aliphatic carbocycles. The second kappa shape index (κ2) is 6.86. The lowest BCUT2D eigenvalue weighted by Crippen LogP contribution is -2.36. The van der Waals surface area contributed by atoms with Crippen LogP contribution in [0.25, 0.3) is 0 Å². The Morgan fingerprint density at radius 3 is 2.54 bits per heavy atom. The second-order valence-electron chi connectivity index (χ2n) is 3.48. The van der Waals surface area contributed by atoms with Gasteiger partial charge in [-0.3, -0.25) is 4.79 Å². The number of ether oxygens (including phenoxy) is 1. The van der Waals surface area contributed by atoms with Crippen molar-refractivity contribution >= 4 is 5.97 Å². The molecular formula is C9H19NO3. The summed E-state index contributed by atoms with van der Waals surface area (Å²) in [5.41, 5.74) is 0. The van der Waals surface area contributed by atoms with Gasteiger partial charge in [0.05, 0.1) is 6.61 Å². The average Bonchev–Trinajstić information content (AvgIpc) is 2.02. The minimum Gasteiger partial charge on any atom is -0.480 e. The summed E-state index contributed by atoms with van der Waals surface area (Å²) in [6.45, 7) is 7.64. The minimum absolute atomic E-state index is 0.498. The average molecular weight is 189 g/mol. The van der Waals surface area contributed by atoms with Gasteiger partial charge < -0.3 is 15.2 Å². The first kappa shape index (κ1) is 12.4. The molecule has 0 saturated heterocycles. The maximum atomic E-state index is 10.4. The van der Waals surface area contributed by atoms with Crippen molar-refractivity contribution in [2.45, 2.75) is 26.8 Å². The van der Waals surface area contributed by atoms with E-state index in [1.165, 1.54) is 0 Å². The molecule has 0 spiro atoms. The number of carbonyl (C=O) groups is 1. The van der Waals surface area contributed by atoms with Crippen molar-refractivity contribution in [2.24, 2.45) is 5.92 Å². The van der Waals surface area contributed by atoms with Crippen molar-refractivity contribution in [3.8, 4) is 0 Å². The van der Waals surface area contributed by atoms with Gasteiger partial charge in [-0.2, -0.15) is 0 Å². The van der Waals surface area contributed by atoms with Gasteiger partial charge in [0.2, 0.25) is 0 Å². The van der Waals surface area contributed by atoms with Crippen molar-refractivity contribution in [1.29, 1.82) is 0 Å². The highest BCUT2D eigenvalue weighted by Gasteiger charge is 2.08. The molecule has 0 rings (SSSR count). The third-order valence-corrected chi connectivity index (χ3v) is 1.52. The van der Waals surface area contributed by atoms with E-state index in [1.807, 2.05) is 0 Å². The number of carboxylic acids is 1. The third-order valence-electron chi connectivity index (χ3n) is 1.52. The van der Waals surface area contributed by atoms with Crippen molar-refractivity contribution < 1.29 is 14.6 Å². The Morgan fingerprint density at radius 1 is 1.46 bits per heavy atom. The molecule has 4 heteroatoms. The molecule has 0 aromatic heterocycles. The highest BCUT2D eigenvalue weighted by atomic mass is 16.5. The van der Waals surface area contributed by atoms with Crippen molar-refractivity contribution in [3.63, 3.8) is 0 Å². The Morgan fingerprint density at radius 2 is 2.08 bits per heavy atom. The number of hydrogen-bond acceptors (Lipinski definition) is 3. The number of nitrogens with one attached hydrogen (secondary N) is 1. The minimum atomic E-state index is -0.830. The summed E-state index contributed by atoms with van der Waals surface area (Å²) in [5, 5.41) is 11.4. The first-order valence-corrected chi connectivity index (χ1v) is 4.58. The van der Waals surface area contributed by atoms with Crippen LogP contribution in [0.5, 0.6) is 0 Å². The Labute approximate surface area is 79.3 Å². The second-order valence-corrected chi connectivity index (χ2v) is 3.48. The van der Waals surface area contributed by atoms with Gasteiger partial charge in [0.1, 0.15) is 6.04 Å². The Bertz CT molecular complexity index is 148. The molecule has 1 atom stereocenters. The van der Waals surface area contributed by atoms with E-state index in [0.29, 0.717) is 19.1 Å². The van der Waals surface area contributed by atoms with Crippen LogP contribution in [0.1, 0.15) is 20.8 Å². The zero-order valence-electron chi connectivity index (χ0n) is 8.54. The van der Waals surface area contributed by atoms with E-state index in [1.54, 1.807) is 6.92 Å². The fourth-order valence-corrected chi connectivity index (χ4v) is 0.754. The normalized spacial score (nSPS) is 13.2. The fourth-order valence-electron chi connectivity index (χ4n) is 0.754. The van der Waals surface area contributed by atoms with E-state index in [2.05, 4.69) is 19.2 Å². The van der Waals surface area contributed by atoms with Gasteiger partial charge in [0, 0.05) is 13.2 Å². The van der Waals surface area contributed by atoms with E-state index in [9.17, 15) is 4.79 Å². The molecule has 0 saturated carbocycles. The standard InChI is InChI=1S/C9H19NO3/c1-7(2)6-13-5-4-10-8(3)9(11)12/h7-8,10H,4-6H2,1-3H3,(H,11,12)/t8-/m0/s1. The molecule has 78 valence electrons. The zero-order valence-corrected chi connectivity index (χ0v) is 8.54. The molecule has 0 radical (unpaired) electrons. The van der Waals surface area contributed by atoms with Crippen LogP contribution in [0.3, 0.4) is 0 Å². The van der Waals surface area contributed by atoms with E-state index in [4.69, 9.17) is 9.84 Å². The lowest BCUT2D eigenvalue weighted by atomic mass is 10.2. The van der Waals surface area contributed by atoms with Crippen molar-refractivity contribution in [2.75, 3.05) is 19.8 Å². The molecule has 4 nitrogen and oxygen atoms in total. The number of carboxylic acid groups (broad SMARTS) is 1. The van der Waals surface area contributed by atoms with Crippen LogP contribution in [0.2, 0.25) is 0 Å². The molecule has 2 N–H and O–H groups in total. The zero-order chi connectivity index (χ0) is 10.3. The van der Waals surface area contributed by atoms with E-state index in [-0.39, 0.29) is 0 Å². The predicted octanol–water partition coefficient (Wildman–Crippen LogP) is 0.722. The summed E-state index contributed by atoms with van der Waals surface area (Å²) in [5.74, 6) is -0.305.